The van der Waals surface area contributed by atoms with E-state index in [4.69, 9.17) is 16.6 Å². The molecule has 0 saturated carbocycles. The molecule has 0 aromatic carbocycles. The molecule has 5 N–H and O–H groups in total. The summed E-state index contributed by atoms with van der Waals surface area (Å²) in [6.45, 7) is 0.256. The highest BCUT2D eigenvalue weighted by molar-refractivity contribution is 5.48. The summed E-state index contributed by atoms with van der Waals surface area (Å²) in [6.07, 6.45) is 0.111. The van der Waals surface area contributed by atoms with Crippen LogP contribution < -0.4 is 11.5 Å². The van der Waals surface area contributed by atoms with Crippen LogP contribution in [0.4, 0.5) is 0 Å². The first-order valence-corrected chi connectivity index (χ1v) is 2.59. The lowest BCUT2D eigenvalue weighted by atomic mass is 10.2. The van der Waals surface area contributed by atoms with Gasteiger partial charge in [0.2, 0.25) is 0 Å². The molecule has 0 rings (SSSR count). The second-order valence-electron chi connectivity index (χ2n) is 1.75. The van der Waals surface area contributed by atoms with Gasteiger partial charge in [-0.15, -0.1) is 0 Å². The largest absolute Gasteiger partial charge is 0.502 e. The molecule has 0 fully saturated rings. The Morgan fingerprint density at radius 1 is 1.78 bits per heavy atom. The molecular formula is C5H10N2O2. The number of carbonyl (C=O) groups excluding carboxylic acids is 1. The Morgan fingerprint density at radius 3 is 2.67 bits per heavy atom. The topological polar surface area (TPSA) is 89.3 Å². The van der Waals surface area contributed by atoms with E-state index in [9.17, 15) is 4.79 Å². The standard InChI is InChI=1S/C5H10N2O2/c6-2-4(7)1-5(9)3-8/h4,9H,1-2,6-7H2. The molecule has 1 unspecified atom stereocenters. The van der Waals surface area contributed by atoms with Crippen molar-refractivity contribution < 1.29 is 9.90 Å². The molecule has 0 spiro atoms. The number of hydrogen-bond donors (Lipinski definition) is 3. The first-order chi connectivity index (χ1) is 4.20. The summed E-state index contributed by atoms with van der Waals surface area (Å²) >= 11 is 0. The molecule has 0 saturated heterocycles. The van der Waals surface area contributed by atoms with E-state index in [1.807, 2.05) is 0 Å². The zero-order valence-electron chi connectivity index (χ0n) is 5.00. The summed E-state index contributed by atoms with van der Waals surface area (Å²) in [4.78, 5) is 9.65. The van der Waals surface area contributed by atoms with E-state index < -0.39 is 0 Å². The van der Waals surface area contributed by atoms with Crippen LogP contribution in [0.5, 0.6) is 0 Å². The Balaban J connectivity index is 3.60. The molecule has 1 atom stereocenters. The maximum Gasteiger partial charge on any atom is 0.178 e. The molecule has 0 aromatic rings. The van der Waals surface area contributed by atoms with Gasteiger partial charge in [-0.3, -0.25) is 0 Å². The highest BCUT2D eigenvalue weighted by Crippen LogP contribution is 1.92. The summed E-state index contributed by atoms with van der Waals surface area (Å²) < 4.78 is 0. The molecule has 0 aliphatic rings. The third kappa shape index (κ3) is 3.73. The van der Waals surface area contributed by atoms with Crippen molar-refractivity contribution in [1.29, 1.82) is 0 Å². The van der Waals surface area contributed by atoms with Gasteiger partial charge in [0.25, 0.3) is 0 Å². The van der Waals surface area contributed by atoms with Crippen LogP contribution >= 0.6 is 0 Å². The van der Waals surface area contributed by atoms with E-state index in [1.165, 1.54) is 5.94 Å². The smallest absolute Gasteiger partial charge is 0.178 e. The molecule has 0 aliphatic heterocycles. The van der Waals surface area contributed by atoms with Crippen LogP contribution in [-0.2, 0) is 4.79 Å². The summed E-state index contributed by atoms with van der Waals surface area (Å²) in [5.74, 6) is 0.949. The Bertz CT molecular complexity index is 129. The molecule has 52 valence electrons. The lowest BCUT2D eigenvalue weighted by Gasteiger charge is -2.03. The summed E-state index contributed by atoms with van der Waals surface area (Å²) in [7, 11) is 0. The zero-order valence-corrected chi connectivity index (χ0v) is 5.00. The second kappa shape index (κ2) is 4.09. The number of hydrogen-bond acceptors (Lipinski definition) is 4. The van der Waals surface area contributed by atoms with Crippen molar-refractivity contribution in [1.82, 2.24) is 0 Å². The van der Waals surface area contributed by atoms with Gasteiger partial charge in [0, 0.05) is 19.0 Å². The van der Waals surface area contributed by atoms with Crippen LogP contribution in [0.15, 0.2) is 5.76 Å². The van der Waals surface area contributed by atoms with Crippen molar-refractivity contribution in [3.63, 3.8) is 0 Å². The number of aliphatic hydroxyl groups excluding tert-OH is 1. The van der Waals surface area contributed by atoms with Crippen molar-refractivity contribution in [2.75, 3.05) is 6.54 Å². The molecule has 9 heavy (non-hydrogen) atoms. The number of nitrogens with two attached hydrogens (primary N) is 2. The van der Waals surface area contributed by atoms with E-state index >= 15 is 0 Å². The van der Waals surface area contributed by atoms with Gasteiger partial charge in [-0.1, -0.05) is 0 Å². The third-order valence-electron chi connectivity index (χ3n) is 0.876. The minimum absolute atomic E-state index is 0.111. The summed E-state index contributed by atoms with van der Waals surface area (Å²) in [5, 5.41) is 8.52. The summed E-state index contributed by atoms with van der Waals surface area (Å²) in [5.41, 5.74) is 10.4. The molecule has 0 bridgehead atoms. The van der Waals surface area contributed by atoms with Crippen LogP contribution in [0.1, 0.15) is 6.42 Å². The first kappa shape index (κ1) is 8.17. The molecule has 0 aliphatic carbocycles. The van der Waals surface area contributed by atoms with Gasteiger partial charge in [-0.05, 0) is 0 Å². The highest BCUT2D eigenvalue weighted by Gasteiger charge is 2.01. The van der Waals surface area contributed by atoms with E-state index in [0.717, 1.165) is 0 Å². The maximum atomic E-state index is 9.65. The van der Waals surface area contributed by atoms with Gasteiger partial charge in [0.1, 0.15) is 0 Å². The Kier molecular flexibility index (Phi) is 3.71. The van der Waals surface area contributed by atoms with Crippen LogP contribution in [-0.4, -0.2) is 23.6 Å². The van der Waals surface area contributed by atoms with Gasteiger partial charge in [-0.25, -0.2) is 4.79 Å². The number of aliphatic hydroxyl groups is 1. The molecule has 0 radical (unpaired) electrons. The lowest BCUT2D eigenvalue weighted by Crippen LogP contribution is -2.29. The Labute approximate surface area is 53.1 Å². The Morgan fingerprint density at radius 2 is 2.33 bits per heavy atom. The fourth-order valence-electron chi connectivity index (χ4n) is 0.373. The third-order valence-corrected chi connectivity index (χ3v) is 0.876. The minimum Gasteiger partial charge on any atom is -0.502 e. The monoisotopic (exact) mass is 130 g/mol. The van der Waals surface area contributed by atoms with E-state index in [-0.39, 0.29) is 24.8 Å². The first-order valence-electron chi connectivity index (χ1n) is 2.59. The maximum absolute atomic E-state index is 9.65. The van der Waals surface area contributed by atoms with Gasteiger partial charge in [0.05, 0.1) is 0 Å². The number of rotatable bonds is 3. The predicted molar refractivity (Wildman–Crippen MR) is 33.5 cm³/mol. The van der Waals surface area contributed by atoms with Gasteiger partial charge in [-0.2, -0.15) is 0 Å². The van der Waals surface area contributed by atoms with E-state index in [2.05, 4.69) is 0 Å². The van der Waals surface area contributed by atoms with Crippen molar-refractivity contribution in [2.24, 2.45) is 11.5 Å². The van der Waals surface area contributed by atoms with Gasteiger partial charge < -0.3 is 16.6 Å². The van der Waals surface area contributed by atoms with Crippen LogP contribution in [0.3, 0.4) is 0 Å². The van der Waals surface area contributed by atoms with Gasteiger partial charge in [0.15, 0.2) is 11.7 Å². The Hall–Kier alpha value is -0.830. The highest BCUT2D eigenvalue weighted by atomic mass is 16.3. The van der Waals surface area contributed by atoms with Crippen LogP contribution in [0.2, 0.25) is 0 Å². The fourth-order valence-corrected chi connectivity index (χ4v) is 0.373. The van der Waals surface area contributed by atoms with Gasteiger partial charge >= 0.3 is 0 Å². The van der Waals surface area contributed by atoms with Crippen molar-refractivity contribution in [3.8, 4) is 0 Å². The van der Waals surface area contributed by atoms with Crippen molar-refractivity contribution >= 4 is 5.94 Å². The minimum atomic E-state index is -0.368. The van der Waals surface area contributed by atoms with E-state index in [0.29, 0.717) is 0 Å². The molecule has 4 nitrogen and oxygen atoms in total. The quantitative estimate of drug-likeness (QED) is 0.335. The van der Waals surface area contributed by atoms with Crippen molar-refractivity contribution in [2.45, 2.75) is 12.5 Å². The summed E-state index contributed by atoms with van der Waals surface area (Å²) in [6, 6.07) is -0.341. The molecule has 0 aromatic heterocycles. The normalized spacial score (nSPS) is 12.2. The average Bonchev–Trinajstić information content (AvgIpc) is 1.87. The van der Waals surface area contributed by atoms with Crippen molar-refractivity contribution in [3.05, 3.63) is 5.76 Å². The van der Waals surface area contributed by atoms with Crippen LogP contribution in [0.25, 0.3) is 0 Å². The van der Waals surface area contributed by atoms with Crippen LogP contribution in [0, 0.1) is 0 Å². The van der Waals surface area contributed by atoms with E-state index in [1.54, 1.807) is 0 Å². The zero-order chi connectivity index (χ0) is 7.28. The average molecular weight is 130 g/mol. The lowest BCUT2D eigenvalue weighted by molar-refractivity contribution is 0.376. The second-order valence-corrected chi connectivity index (χ2v) is 1.75. The molecule has 4 heteroatoms. The molecule has 0 heterocycles. The molecular weight excluding hydrogens is 120 g/mol. The fraction of sp³-hybridized carbons (Fsp3) is 0.600. The predicted octanol–water partition coefficient (Wildman–Crippen LogP) is -1.06. The molecule has 0 amide bonds. The SMILES string of the molecule is NCC(N)CC(O)=C=O.